The molecule has 8 heteroatoms. The van der Waals surface area contributed by atoms with Gasteiger partial charge in [0.25, 0.3) is 0 Å². The number of unbranched alkanes of at least 4 members (excludes halogenated alkanes) is 12. The van der Waals surface area contributed by atoms with E-state index >= 15 is 0 Å². The monoisotopic (exact) mass is 516 g/mol. The van der Waals surface area contributed by atoms with Gasteiger partial charge in [-0.2, -0.15) is 0 Å². The maximum Gasteiger partial charge on any atom is 0.330 e. The Labute approximate surface area is 213 Å². The lowest BCUT2D eigenvalue weighted by molar-refractivity contribution is -0.138. The molecule has 0 aromatic rings. The predicted molar refractivity (Wildman–Crippen MR) is 142 cm³/mol. The van der Waals surface area contributed by atoms with Crippen molar-refractivity contribution in [2.45, 2.75) is 103 Å². The number of carbonyl (C=O) groups is 2. The number of ether oxygens (including phenoxy) is 2. The Bertz CT molecular complexity index is 562. The summed E-state index contributed by atoms with van der Waals surface area (Å²) in [6.45, 7) is 10.7. The average Bonchev–Trinajstić information content (AvgIpc) is 2.86. The third-order valence-electron chi connectivity index (χ3n) is 5.51. The van der Waals surface area contributed by atoms with Gasteiger partial charge in [0.1, 0.15) is 0 Å². The Balaban J connectivity index is 3.87. The SMILES string of the molecule is C=CC(=O)OCCCCCCCCOP(=O)(CCCCC)OCCCCCCCCOC(=O)C=C. The fourth-order valence-corrected chi connectivity index (χ4v) is 5.17. The number of hydrogen-bond donors (Lipinski definition) is 0. The van der Waals surface area contributed by atoms with Crippen LogP contribution in [0.4, 0.5) is 0 Å². The van der Waals surface area contributed by atoms with Crippen molar-refractivity contribution in [2.75, 3.05) is 32.6 Å². The molecule has 0 aromatic heterocycles. The van der Waals surface area contributed by atoms with Crippen LogP contribution in [-0.4, -0.2) is 44.5 Å². The van der Waals surface area contributed by atoms with E-state index in [2.05, 4.69) is 20.1 Å². The largest absolute Gasteiger partial charge is 0.463 e. The van der Waals surface area contributed by atoms with E-state index in [0.717, 1.165) is 96.3 Å². The summed E-state index contributed by atoms with van der Waals surface area (Å²) >= 11 is 0. The highest BCUT2D eigenvalue weighted by molar-refractivity contribution is 7.53. The van der Waals surface area contributed by atoms with E-state index in [9.17, 15) is 14.2 Å². The minimum atomic E-state index is -3.03. The maximum atomic E-state index is 13.1. The van der Waals surface area contributed by atoms with E-state index in [1.165, 1.54) is 12.2 Å². The van der Waals surface area contributed by atoms with Gasteiger partial charge < -0.3 is 18.5 Å². The highest BCUT2D eigenvalue weighted by Crippen LogP contribution is 2.49. The molecule has 0 aliphatic carbocycles. The zero-order valence-corrected chi connectivity index (χ0v) is 22.9. The van der Waals surface area contributed by atoms with E-state index in [4.69, 9.17) is 18.5 Å². The topological polar surface area (TPSA) is 88.1 Å². The fourth-order valence-electron chi connectivity index (χ4n) is 3.41. The molecule has 0 aliphatic heterocycles. The quantitative estimate of drug-likeness (QED) is 0.0508. The Morgan fingerprint density at radius 1 is 0.600 bits per heavy atom. The lowest BCUT2D eigenvalue weighted by Crippen LogP contribution is -2.04. The normalized spacial score (nSPS) is 11.2. The lowest BCUT2D eigenvalue weighted by atomic mass is 10.1. The maximum absolute atomic E-state index is 13.1. The summed E-state index contributed by atoms with van der Waals surface area (Å²) in [5.74, 6) is -0.734. The Hall–Kier alpha value is -1.43. The third-order valence-corrected chi connectivity index (χ3v) is 7.53. The molecule has 0 saturated carbocycles. The molecule has 204 valence electrons. The minimum absolute atomic E-state index is 0.367. The molecule has 0 heterocycles. The smallest absolute Gasteiger partial charge is 0.330 e. The molecule has 0 unspecified atom stereocenters. The lowest BCUT2D eigenvalue weighted by Gasteiger charge is -2.18. The molecule has 0 atom stereocenters. The van der Waals surface area contributed by atoms with Crippen LogP contribution in [0.1, 0.15) is 103 Å². The average molecular weight is 517 g/mol. The van der Waals surface area contributed by atoms with Crippen LogP contribution < -0.4 is 0 Å². The van der Waals surface area contributed by atoms with Crippen LogP contribution in [0.2, 0.25) is 0 Å². The summed E-state index contributed by atoms with van der Waals surface area (Å²) in [5, 5.41) is 0. The summed E-state index contributed by atoms with van der Waals surface area (Å²) in [4.78, 5) is 21.9. The van der Waals surface area contributed by atoms with Crippen molar-refractivity contribution in [2.24, 2.45) is 0 Å². The van der Waals surface area contributed by atoms with Gasteiger partial charge in [-0.25, -0.2) is 9.59 Å². The second-order valence-corrected chi connectivity index (χ2v) is 10.9. The van der Waals surface area contributed by atoms with E-state index in [0.29, 0.717) is 32.6 Å². The molecule has 0 aliphatic rings. The zero-order valence-electron chi connectivity index (χ0n) is 22.0. The highest BCUT2D eigenvalue weighted by atomic mass is 31.2. The van der Waals surface area contributed by atoms with E-state index < -0.39 is 7.60 Å². The van der Waals surface area contributed by atoms with Gasteiger partial charge in [-0.15, -0.1) is 0 Å². The third kappa shape index (κ3) is 22.8. The summed E-state index contributed by atoms with van der Waals surface area (Å²) < 4.78 is 34.6. The molecule has 0 bridgehead atoms. The van der Waals surface area contributed by atoms with Crippen LogP contribution in [0.5, 0.6) is 0 Å². The summed E-state index contributed by atoms with van der Waals surface area (Å²) in [6.07, 6.45) is 17.7. The van der Waals surface area contributed by atoms with E-state index in [1.807, 2.05) is 0 Å². The molecular weight excluding hydrogens is 467 g/mol. The van der Waals surface area contributed by atoms with Crippen molar-refractivity contribution in [3.8, 4) is 0 Å². The van der Waals surface area contributed by atoms with Gasteiger partial charge in [0.05, 0.1) is 32.6 Å². The van der Waals surface area contributed by atoms with Gasteiger partial charge >= 0.3 is 19.5 Å². The van der Waals surface area contributed by atoms with Gasteiger partial charge in [0.2, 0.25) is 0 Å². The first-order valence-corrected chi connectivity index (χ1v) is 15.2. The first kappa shape index (κ1) is 33.6. The number of hydrogen-bond acceptors (Lipinski definition) is 7. The van der Waals surface area contributed by atoms with Crippen LogP contribution in [0.25, 0.3) is 0 Å². The standard InChI is InChI=1S/C27H49O7P/c1-4-7-20-25-35(30,33-23-18-14-10-8-12-16-21-31-26(28)5-2)34-24-19-15-11-9-13-17-22-32-27(29)6-3/h5-6H,2-4,7-25H2,1H3. The molecule has 0 rings (SSSR count). The summed E-state index contributed by atoms with van der Waals surface area (Å²) in [5.41, 5.74) is 0. The van der Waals surface area contributed by atoms with Crippen LogP contribution in [0.3, 0.4) is 0 Å². The molecule has 0 radical (unpaired) electrons. The molecule has 0 N–H and O–H groups in total. The van der Waals surface area contributed by atoms with Crippen LogP contribution in [0, 0.1) is 0 Å². The Kier molecular flexibility index (Phi) is 23.3. The minimum Gasteiger partial charge on any atom is -0.463 e. The first-order chi connectivity index (χ1) is 17.0. The van der Waals surface area contributed by atoms with Crippen LogP contribution in [-0.2, 0) is 32.7 Å². The summed E-state index contributed by atoms with van der Waals surface area (Å²) in [6, 6.07) is 0. The van der Waals surface area contributed by atoms with Crippen molar-refractivity contribution in [3.63, 3.8) is 0 Å². The number of esters is 2. The molecule has 7 nitrogen and oxygen atoms in total. The first-order valence-electron chi connectivity index (χ1n) is 13.4. The number of carbonyl (C=O) groups excluding carboxylic acids is 2. The van der Waals surface area contributed by atoms with Crippen molar-refractivity contribution in [1.29, 1.82) is 0 Å². The van der Waals surface area contributed by atoms with Crippen LogP contribution >= 0.6 is 7.60 Å². The summed E-state index contributed by atoms with van der Waals surface area (Å²) in [7, 11) is -3.03. The van der Waals surface area contributed by atoms with Gasteiger partial charge in [-0.1, -0.05) is 84.3 Å². The number of rotatable bonds is 26. The Morgan fingerprint density at radius 2 is 0.971 bits per heavy atom. The van der Waals surface area contributed by atoms with Crippen molar-refractivity contribution < 1.29 is 32.7 Å². The predicted octanol–water partition coefficient (Wildman–Crippen LogP) is 7.54. The van der Waals surface area contributed by atoms with E-state index in [-0.39, 0.29) is 11.9 Å². The Morgan fingerprint density at radius 3 is 1.34 bits per heavy atom. The van der Waals surface area contributed by atoms with Crippen molar-refractivity contribution in [3.05, 3.63) is 25.3 Å². The second-order valence-electron chi connectivity index (χ2n) is 8.69. The van der Waals surface area contributed by atoms with Gasteiger partial charge in [-0.05, 0) is 32.1 Å². The molecule has 0 spiro atoms. The molecule has 35 heavy (non-hydrogen) atoms. The van der Waals surface area contributed by atoms with E-state index in [1.54, 1.807) is 0 Å². The van der Waals surface area contributed by atoms with Gasteiger partial charge in [0, 0.05) is 12.2 Å². The molecule has 0 saturated heterocycles. The second kappa shape index (κ2) is 24.3. The van der Waals surface area contributed by atoms with Gasteiger partial charge in [-0.3, -0.25) is 4.57 Å². The van der Waals surface area contributed by atoms with Crippen molar-refractivity contribution >= 4 is 19.5 Å². The van der Waals surface area contributed by atoms with Crippen LogP contribution in [0.15, 0.2) is 25.3 Å². The highest BCUT2D eigenvalue weighted by Gasteiger charge is 2.23. The molecule has 0 aromatic carbocycles. The van der Waals surface area contributed by atoms with Crippen molar-refractivity contribution in [1.82, 2.24) is 0 Å². The fraction of sp³-hybridized carbons (Fsp3) is 0.778. The van der Waals surface area contributed by atoms with Gasteiger partial charge in [0.15, 0.2) is 0 Å². The molecule has 0 amide bonds. The zero-order chi connectivity index (χ0) is 26.0. The molecule has 0 fully saturated rings. The molecular formula is C27H49O7P.